The number of benzene rings is 2. The average molecular weight is 312 g/mol. The van der Waals surface area contributed by atoms with Crippen LogP contribution in [-0.4, -0.2) is 11.8 Å². The number of anilines is 1. The van der Waals surface area contributed by atoms with E-state index in [0.29, 0.717) is 16.8 Å². The zero-order chi connectivity index (χ0) is 16.2. The molecule has 2 aromatic carbocycles. The first-order chi connectivity index (χ1) is 11.1. The molecule has 5 heteroatoms. The molecule has 0 saturated heterocycles. The van der Waals surface area contributed by atoms with E-state index in [1.165, 1.54) is 6.07 Å². The molecule has 0 radical (unpaired) electrons. The lowest BCUT2D eigenvalue weighted by Gasteiger charge is -2.08. The second-order valence-corrected chi connectivity index (χ2v) is 5.62. The molecule has 0 aromatic heterocycles. The van der Waals surface area contributed by atoms with Gasteiger partial charge in [-0.05, 0) is 37.1 Å². The van der Waals surface area contributed by atoms with E-state index in [2.05, 4.69) is 10.6 Å². The second-order valence-electron chi connectivity index (χ2n) is 5.62. The van der Waals surface area contributed by atoms with E-state index in [-0.39, 0.29) is 30.1 Å². The Kier molecular flexibility index (Phi) is 4.37. The van der Waals surface area contributed by atoms with Gasteiger partial charge in [0.05, 0.1) is 0 Å². The van der Waals surface area contributed by atoms with Crippen LogP contribution in [0.4, 0.5) is 10.1 Å². The van der Waals surface area contributed by atoms with Crippen LogP contribution in [0.15, 0.2) is 48.5 Å². The van der Waals surface area contributed by atoms with Crippen LogP contribution in [0.5, 0.6) is 0 Å². The third-order valence-electron chi connectivity index (χ3n) is 3.74. The number of carbonyl (C=O) groups excluding carboxylic acids is 2. The van der Waals surface area contributed by atoms with E-state index in [9.17, 15) is 14.0 Å². The fourth-order valence-electron chi connectivity index (χ4n) is 2.25. The van der Waals surface area contributed by atoms with Crippen molar-refractivity contribution in [2.45, 2.75) is 19.4 Å². The molecule has 0 spiro atoms. The van der Waals surface area contributed by atoms with Crippen molar-refractivity contribution < 1.29 is 14.0 Å². The summed E-state index contributed by atoms with van der Waals surface area (Å²) in [5, 5.41) is 5.48. The van der Waals surface area contributed by atoms with Gasteiger partial charge in [-0.2, -0.15) is 0 Å². The van der Waals surface area contributed by atoms with E-state index < -0.39 is 0 Å². The monoisotopic (exact) mass is 312 g/mol. The number of hydrogen-bond acceptors (Lipinski definition) is 2. The predicted octanol–water partition coefficient (Wildman–Crippen LogP) is 3.10. The van der Waals surface area contributed by atoms with Crippen LogP contribution in [0.1, 0.15) is 28.8 Å². The largest absolute Gasteiger partial charge is 0.348 e. The normalized spacial score (nSPS) is 13.4. The van der Waals surface area contributed by atoms with Crippen LogP contribution in [0, 0.1) is 11.7 Å². The van der Waals surface area contributed by atoms with Gasteiger partial charge in [-0.1, -0.05) is 24.3 Å². The van der Waals surface area contributed by atoms with E-state index in [1.807, 2.05) is 0 Å². The van der Waals surface area contributed by atoms with Gasteiger partial charge in [0.15, 0.2) is 0 Å². The van der Waals surface area contributed by atoms with Crippen LogP contribution in [0.3, 0.4) is 0 Å². The van der Waals surface area contributed by atoms with Crippen molar-refractivity contribution in [3.05, 3.63) is 65.5 Å². The summed E-state index contributed by atoms with van der Waals surface area (Å²) in [4.78, 5) is 23.9. The lowest BCUT2D eigenvalue weighted by atomic mass is 10.1. The molecule has 0 aliphatic heterocycles. The number of hydrogen-bond donors (Lipinski definition) is 2. The Hall–Kier alpha value is -2.69. The topological polar surface area (TPSA) is 58.2 Å². The van der Waals surface area contributed by atoms with Crippen molar-refractivity contribution in [1.29, 1.82) is 0 Å². The van der Waals surface area contributed by atoms with Gasteiger partial charge in [-0.25, -0.2) is 4.39 Å². The summed E-state index contributed by atoms with van der Waals surface area (Å²) in [6.07, 6.45) is 1.85. The minimum atomic E-state index is -0.349. The molecule has 118 valence electrons. The Morgan fingerprint density at radius 3 is 2.61 bits per heavy atom. The van der Waals surface area contributed by atoms with Gasteiger partial charge in [-0.15, -0.1) is 0 Å². The molecule has 2 N–H and O–H groups in total. The minimum Gasteiger partial charge on any atom is -0.348 e. The van der Waals surface area contributed by atoms with E-state index in [4.69, 9.17) is 0 Å². The first-order valence-electron chi connectivity index (χ1n) is 7.56. The Morgan fingerprint density at radius 1 is 1.09 bits per heavy atom. The summed E-state index contributed by atoms with van der Waals surface area (Å²) in [5.41, 5.74) is 1.45. The van der Waals surface area contributed by atoms with Crippen molar-refractivity contribution in [2.24, 2.45) is 5.92 Å². The molecular formula is C18H17FN2O2. The van der Waals surface area contributed by atoms with Crippen LogP contribution in [-0.2, 0) is 11.3 Å². The molecule has 2 amide bonds. The second kappa shape index (κ2) is 6.60. The third kappa shape index (κ3) is 3.94. The molecule has 23 heavy (non-hydrogen) atoms. The molecule has 1 saturated carbocycles. The van der Waals surface area contributed by atoms with Crippen molar-refractivity contribution in [3.8, 4) is 0 Å². The fraction of sp³-hybridized carbons (Fsp3) is 0.222. The molecule has 0 unspecified atom stereocenters. The summed E-state index contributed by atoms with van der Waals surface area (Å²) in [5.74, 6) is -0.559. The lowest BCUT2D eigenvalue weighted by Crippen LogP contribution is -2.23. The summed E-state index contributed by atoms with van der Waals surface area (Å²) in [6.45, 7) is 0.115. The maximum absolute atomic E-state index is 13.5. The highest BCUT2D eigenvalue weighted by molar-refractivity contribution is 5.98. The highest BCUT2D eigenvalue weighted by Crippen LogP contribution is 2.30. The number of nitrogens with one attached hydrogen (secondary N) is 2. The van der Waals surface area contributed by atoms with Gasteiger partial charge in [0.1, 0.15) is 5.82 Å². The summed E-state index contributed by atoms with van der Waals surface area (Å²) in [7, 11) is 0. The molecule has 0 bridgehead atoms. The van der Waals surface area contributed by atoms with Gasteiger partial charge >= 0.3 is 0 Å². The Bertz CT molecular complexity index is 741. The standard InChI is InChI=1S/C18H17FN2O2/c19-16-7-2-1-4-14(16)11-20-17(22)13-5-3-6-15(10-13)21-18(23)12-8-9-12/h1-7,10,12H,8-9,11H2,(H,20,22)(H,21,23). The minimum absolute atomic E-state index is 0.00563. The zero-order valence-corrected chi connectivity index (χ0v) is 12.5. The fourth-order valence-corrected chi connectivity index (χ4v) is 2.25. The van der Waals surface area contributed by atoms with Crippen LogP contribution < -0.4 is 10.6 Å². The first-order valence-corrected chi connectivity index (χ1v) is 7.56. The maximum Gasteiger partial charge on any atom is 0.251 e. The van der Waals surface area contributed by atoms with Crippen LogP contribution in [0.2, 0.25) is 0 Å². The molecule has 2 aromatic rings. The van der Waals surface area contributed by atoms with Crippen molar-refractivity contribution >= 4 is 17.5 Å². The van der Waals surface area contributed by atoms with Crippen molar-refractivity contribution in [1.82, 2.24) is 5.32 Å². The number of amides is 2. The summed E-state index contributed by atoms with van der Waals surface area (Å²) in [6, 6.07) is 13.0. The number of carbonyl (C=O) groups is 2. The van der Waals surface area contributed by atoms with E-state index >= 15 is 0 Å². The molecule has 3 rings (SSSR count). The van der Waals surface area contributed by atoms with Gasteiger partial charge in [0.2, 0.25) is 5.91 Å². The smallest absolute Gasteiger partial charge is 0.251 e. The maximum atomic E-state index is 13.5. The van der Waals surface area contributed by atoms with Crippen molar-refractivity contribution in [3.63, 3.8) is 0 Å². The van der Waals surface area contributed by atoms with Gasteiger partial charge in [0, 0.05) is 29.3 Å². The first kappa shape index (κ1) is 15.2. The van der Waals surface area contributed by atoms with Gasteiger partial charge in [0.25, 0.3) is 5.91 Å². The Labute approximate surface area is 133 Å². The van der Waals surface area contributed by atoms with Crippen LogP contribution >= 0.6 is 0 Å². The highest BCUT2D eigenvalue weighted by Gasteiger charge is 2.29. The molecule has 1 aliphatic rings. The van der Waals surface area contributed by atoms with E-state index in [0.717, 1.165) is 12.8 Å². The van der Waals surface area contributed by atoms with Gasteiger partial charge < -0.3 is 10.6 Å². The van der Waals surface area contributed by atoms with E-state index in [1.54, 1.807) is 42.5 Å². The van der Waals surface area contributed by atoms with Gasteiger partial charge in [-0.3, -0.25) is 9.59 Å². The lowest BCUT2D eigenvalue weighted by molar-refractivity contribution is -0.117. The summed E-state index contributed by atoms with van der Waals surface area (Å²) >= 11 is 0. The highest BCUT2D eigenvalue weighted by atomic mass is 19.1. The Morgan fingerprint density at radius 2 is 1.87 bits per heavy atom. The molecule has 4 nitrogen and oxygen atoms in total. The third-order valence-corrected chi connectivity index (χ3v) is 3.74. The van der Waals surface area contributed by atoms with Crippen LogP contribution in [0.25, 0.3) is 0 Å². The van der Waals surface area contributed by atoms with Crippen molar-refractivity contribution in [2.75, 3.05) is 5.32 Å². The zero-order valence-electron chi connectivity index (χ0n) is 12.5. The average Bonchev–Trinajstić information content (AvgIpc) is 3.39. The number of rotatable bonds is 5. The Balaban J connectivity index is 1.62. The molecule has 0 heterocycles. The SMILES string of the molecule is O=C(NCc1ccccc1F)c1cccc(NC(=O)C2CC2)c1. The number of halogens is 1. The predicted molar refractivity (Wildman–Crippen MR) is 85.4 cm³/mol. The molecule has 1 aliphatic carbocycles. The summed E-state index contributed by atoms with van der Waals surface area (Å²) < 4.78 is 13.5. The molecule has 0 atom stereocenters. The molecule has 1 fully saturated rings. The molecular weight excluding hydrogens is 295 g/mol. The quantitative estimate of drug-likeness (QED) is 0.891.